The third-order valence-electron chi connectivity index (χ3n) is 5.68. The van der Waals surface area contributed by atoms with E-state index in [1.165, 1.54) is 0 Å². The molecule has 1 aromatic heterocycles. The van der Waals surface area contributed by atoms with Crippen LogP contribution in [0.1, 0.15) is 33.2 Å². The first-order chi connectivity index (χ1) is 16.6. The summed E-state index contributed by atoms with van der Waals surface area (Å²) in [5.41, 5.74) is 3.94. The predicted octanol–water partition coefficient (Wildman–Crippen LogP) is 5.69. The van der Waals surface area contributed by atoms with Gasteiger partial charge in [0.1, 0.15) is 6.04 Å². The molecule has 0 aliphatic heterocycles. The van der Waals surface area contributed by atoms with Crippen LogP contribution in [0.5, 0.6) is 0 Å². The van der Waals surface area contributed by atoms with Gasteiger partial charge < -0.3 is 10.2 Å². The Labute approximate surface area is 204 Å². The fourth-order valence-corrected chi connectivity index (χ4v) is 4.56. The minimum Gasteiger partial charge on any atom is -0.350 e. The Morgan fingerprint density at radius 2 is 1.50 bits per heavy atom. The highest BCUT2D eigenvalue weighted by atomic mass is 32.1. The van der Waals surface area contributed by atoms with Crippen molar-refractivity contribution in [3.63, 3.8) is 0 Å². The van der Waals surface area contributed by atoms with Gasteiger partial charge in [0, 0.05) is 18.0 Å². The van der Waals surface area contributed by atoms with E-state index in [0.717, 1.165) is 27.1 Å². The van der Waals surface area contributed by atoms with Crippen LogP contribution in [-0.4, -0.2) is 16.7 Å². The van der Waals surface area contributed by atoms with E-state index in [2.05, 4.69) is 5.32 Å². The number of aryl methyl sites for hydroxylation is 1. The van der Waals surface area contributed by atoms with Gasteiger partial charge >= 0.3 is 0 Å². The molecule has 0 aliphatic rings. The molecule has 0 saturated heterocycles. The molecule has 0 saturated carbocycles. The Morgan fingerprint density at radius 3 is 2.15 bits per heavy atom. The zero-order chi connectivity index (χ0) is 23.8. The zero-order valence-corrected chi connectivity index (χ0v) is 20.0. The second-order valence-electron chi connectivity index (χ2n) is 8.28. The molecule has 4 rings (SSSR count). The molecule has 0 radical (unpaired) electrons. The highest BCUT2D eigenvalue weighted by Crippen LogP contribution is 2.26. The van der Waals surface area contributed by atoms with E-state index in [4.69, 9.17) is 0 Å². The summed E-state index contributed by atoms with van der Waals surface area (Å²) in [4.78, 5) is 29.9. The molecule has 0 bridgehead atoms. The monoisotopic (exact) mass is 468 g/mol. The number of thiophene rings is 1. The van der Waals surface area contributed by atoms with Gasteiger partial charge in [-0.2, -0.15) is 0 Å². The van der Waals surface area contributed by atoms with Gasteiger partial charge in [0.05, 0.1) is 6.42 Å². The normalized spacial score (nSPS) is 11.6. The minimum absolute atomic E-state index is 0.0771. The van der Waals surface area contributed by atoms with E-state index >= 15 is 0 Å². The zero-order valence-electron chi connectivity index (χ0n) is 19.2. The fourth-order valence-electron chi connectivity index (χ4n) is 3.87. The van der Waals surface area contributed by atoms with Gasteiger partial charge in [-0.15, -0.1) is 11.3 Å². The van der Waals surface area contributed by atoms with Crippen molar-refractivity contribution in [1.29, 1.82) is 0 Å². The number of hydrogen-bond donors (Lipinski definition) is 1. The van der Waals surface area contributed by atoms with Gasteiger partial charge in [0.15, 0.2) is 0 Å². The molecule has 1 heterocycles. The number of carbonyl (C=O) groups excluding carboxylic acids is 2. The van der Waals surface area contributed by atoms with Crippen molar-refractivity contribution in [2.24, 2.45) is 0 Å². The third-order valence-corrected chi connectivity index (χ3v) is 6.56. The second kappa shape index (κ2) is 11.4. The van der Waals surface area contributed by atoms with E-state index in [9.17, 15) is 9.59 Å². The van der Waals surface area contributed by atoms with Crippen LogP contribution in [0.25, 0.3) is 0 Å². The molecule has 2 amide bonds. The third kappa shape index (κ3) is 6.21. The van der Waals surface area contributed by atoms with Crippen molar-refractivity contribution in [2.45, 2.75) is 32.5 Å². The Bertz CT molecular complexity index is 1190. The van der Waals surface area contributed by atoms with Gasteiger partial charge in [0.25, 0.3) is 0 Å². The summed E-state index contributed by atoms with van der Waals surface area (Å²) in [5, 5.41) is 5.02. The smallest absolute Gasteiger partial charge is 0.247 e. The highest BCUT2D eigenvalue weighted by Gasteiger charge is 2.31. The molecular formula is C29H28N2O2S. The lowest BCUT2D eigenvalue weighted by molar-refractivity contribution is -0.141. The number of hydrogen-bond acceptors (Lipinski definition) is 3. The van der Waals surface area contributed by atoms with Crippen LogP contribution in [0.15, 0.2) is 102 Å². The van der Waals surface area contributed by atoms with Crippen LogP contribution in [-0.2, 0) is 29.1 Å². The van der Waals surface area contributed by atoms with E-state index < -0.39 is 6.04 Å². The molecule has 0 fully saturated rings. The summed E-state index contributed by atoms with van der Waals surface area (Å²) in [5.74, 6) is -0.270. The maximum Gasteiger partial charge on any atom is 0.247 e. The first kappa shape index (κ1) is 23.5. The molecule has 172 valence electrons. The average Bonchev–Trinajstić information content (AvgIpc) is 3.38. The van der Waals surface area contributed by atoms with Crippen LogP contribution in [0.3, 0.4) is 0 Å². The van der Waals surface area contributed by atoms with E-state index in [0.29, 0.717) is 13.1 Å². The largest absolute Gasteiger partial charge is 0.350 e. The van der Waals surface area contributed by atoms with Gasteiger partial charge in [-0.3, -0.25) is 9.59 Å². The van der Waals surface area contributed by atoms with E-state index in [1.54, 1.807) is 16.2 Å². The molecule has 0 spiro atoms. The molecular weight excluding hydrogens is 440 g/mol. The fraction of sp³-hybridized carbons (Fsp3) is 0.172. The van der Waals surface area contributed by atoms with Gasteiger partial charge in [0.2, 0.25) is 11.8 Å². The molecule has 1 atom stereocenters. The maximum absolute atomic E-state index is 13.6. The summed E-state index contributed by atoms with van der Waals surface area (Å²) in [6.07, 6.45) is 0.263. The lowest BCUT2D eigenvalue weighted by Gasteiger charge is -2.31. The summed E-state index contributed by atoms with van der Waals surface area (Å²) in [6, 6.07) is 30.6. The lowest BCUT2D eigenvalue weighted by atomic mass is 10.0. The van der Waals surface area contributed by atoms with Gasteiger partial charge in [-0.1, -0.05) is 96.6 Å². The maximum atomic E-state index is 13.6. The quantitative estimate of drug-likeness (QED) is 0.343. The van der Waals surface area contributed by atoms with E-state index in [1.807, 2.05) is 109 Å². The Kier molecular flexibility index (Phi) is 7.89. The number of amides is 2. The number of rotatable bonds is 9. The standard InChI is InChI=1S/C29H28N2O2S/c1-22-14-16-24(17-15-22)21-31(27(32)19-26-13-8-18-34-26)28(25-11-6-3-7-12-25)29(33)30-20-23-9-4-2-5-10-23/h2-18,28H,19-21H2,1H3,(H,30,33)/t28-/m0/s1. The Morgan fingerprint density at radius 1 is 0.824 bits per heavy atom. The average molecular weight is 469 g/mol. The first-order valence-corrected chi connectivity index (χ1v) is 12.2. The minimum atomic E-state index is -0.737. The van der Waals surface area contributed by atoms with Crippen molar-refractivity contribution in [3.05, 3.63) is 130 Å². The molecule has 4 nitrogen and oxygen atoms in total. The van der Waals surface area contributed by atoms with Crippen molar-refractivity contribution >= 4 is 23.2 Å². The molecule has 5 heteroatoms. The van der Waals surface area contributed by atoms with Crippen molar-refractivity contribution in [3.8, 4) is 0 Å². The number of nitrogens with one attached hydrogen (secondary N) is 1. The summed E-state index contributed by atoms with van der Waals surface area (Å²) in [6.45, 7) is 2.79. The van der Waals surface area contributed by atoms with E-state index in [-0.39, 0.29) is 18.2 Å². The van der Waals surface area contributed by atoms with Crippen LogP contribution in [0, 0.1) is 6.92 Å². The molecule has 1 N–H and O–H groups in total. The Hall–Kier alpha value is -3.70. The molecule has 34 heavy (non-hydrogen) atoms. The Balaban J connectivity index is 1.66. The molecule has 3 aromatic carbocycles. The topological polar surface area (TPSA) is 49.4 Å². The number of carbonyl (C=O) groups is 2. The van der Waals surface area contributed by atoms with Crippen molar-refractivity contribution < 1.29 is 9.59 Å². The number of benzene rings is 3. The lowest BCUT2D eigenvalue weighted by Crippen LogP contribution is -2.43. The summed E-state index contributed by atoms with van der Waals surface area (Å²) in [7, 11) is 0. The first-order valence-electron chi connectivity index (χ1n) is 11.3. The molecule has 0 aliphatic carbocycles. The predicted molar refractivity (Wildman–Crippen MR) is 137 cm³/mol. The molecule has 0 unspecified atom stereocenters. The second-order valence-corrected chi connectivity index (χ2v) is 9.31. The van der Waals surface area contributed by atoms with Crippen LogP contribution < -0.4 is 5.32 Å². The van der Waals surface area contributed by atoms with Crippen LogP contribution in [0.2, 0.25) is 0 Å². The van der Waals surface area contributed by atoms with Crippen molar-refractivity contribution in [1.82, 2.24) is 10.2 Å². The van der Waals surface area contributed by atoms with Gasteiger partial charge in [-0.25, -0.2) is 0 Å². The summed E-state index contributed by atoms with van der Waals surface area (Å²) < 4.78 is 0. The highest BCUT2D eigenvalue weighted by molar-refractivity contribution is 7.10. The summed E-state index contributed by atoms with van der Waals surface area (Å²) >= 11 is 1.55. The van der Waals surface area contributed by atoms with Crippen LogP contribution in [0.4, 0.5) is 0 Å². The van der Waals surface area contributed by atoms with Gasteiger partial charge in [-0.05, 0) is 35.1 Å². The molecule has 4 aromatic rings. The van der Waals surface area contributed by atoms with Crippen LogP contribution >= 0.6 is 11.3 Å². The number of nitrogens with zero attached hydrogens (tertiary/aromatic N) is 1. The van der Waals surface area contributed by atoms with Crippen molar-refractivity contribution in [2.75, 3.05) is 0 Å². The SMILES string of the molecule is Cc1ccc(CN(C(=O)Cc2cccs2)[C@H](C(=O)NCc2ccccc2)c2ccccc2)cc1.